The fraction of sp³-hybridized carbons (Fsp3) is 0.667. The predicted molar refractivity (Wildman–Crippen MR) is 114 cm³/mol. The summed E-state index contributed by atoms with van der Waals surface area (Å²) in [5.74, 6) is 0.316. The van der Waals surface area contributed by atoms with Crippen molar-refractivity contribution in [2.45, 2.75) is 59.6 Å². The topological polar surface area (TPSA) is 55.8 Å². The number of rotatable bonds is 5. The summed E-state index contributed by atoms with van der Waals surface area (Å²) in [5.41, 5.74) is 0.328. The van der Waals surface area contributed by atoms with E-state index in [2.05, 4.69) is 18.7 Å². The third-order valence-electron chi connectivity index (χ3n) is 4.91. The van der Waals surface area contributed by atoms with Crippen molar-refractivity contribution in [3.05, 3.63) is 34.5 Å². The Labute approximate surface area is 174 Å². The van der Waals surface area contributed by atoms with Crippen LogP contribution in [0.4, 0.5) is 10.5 Å². The number of hydrogen-bond donors (Lipinski definition) is 0. The third-order valence-corrected chi connectivity index (χ3v) is 5.15. The molecule has 0 bridgehead atoms. The number of amides is 1. The molecule has 6 nitrogen and oxygen atoms in total. The van der Waals surface area contributed by atoms with E-state index >= 15 is 0 Å². The summed E-state index contributed by atoms with van der Waals surface area (Å²) in [4.78, 5) is 15.2. The smallest absolute Gasteiger partial charge is 0.537 e. The van der Waals surface area contributed by atoms with Crippen molar-refractivity contribution in [1.29, 1.82) is 0 Å². The maximum Gasteiger partial charge on any atom is 0.537 e. The molecule has 1 amide bonds. The number of piperazine rings is 1. The molecular formula is C21H34ClN3O3. The van der Waals surface area contributed by atoms with Crippen molar-refractivity contribution in [2.24, 2.45) is 5.92 Å². The number of anilines is 1. The molecule has 0 N–H and O–H groups in total. The minimum Gasteiger partial charge on any atom is -0.601 e. The second kappa shape index (κ2) is 8.99. The maximum absolute atomic E-state index is 13.9. The Morgan fingerprint density at radius 2 is 1.82 bits per heavy atom. The van der Waals surface area contributed by atoms with Gasteiger partial charge in [-0.1, -0.05) is 31.5 Å². The Bertz CT molecular complexity index is 669. The zero-order valence-corrected chi connectivity index (χ0v) is 18.7. The molecule has 1 aromatic carbocycles. The zero-order valence-electron chi connectivity index (χ0n) is 17.9. The molecule has 2 atom stereocenters. The summed E-state index contributed by atoms with van der Waals surface area (Å²) in [6, 6.07) is 7.29. The Hall–Kier alpha value is -1.34. The summed E-state index contributed by atoms with van der Waals surface area (Å²) >= 11 is 6.11. The molecule has 0 saturated carbocycles. The van der Waals surface area contributed by atoms with Crippen LogP contribution in [0.5, 0.6) is 0 Å². The number of carbonyl (C=O) groups is 1. The van der Waals surface area contributed by atoms with Gasteiger partial charge in [-0.3, -0.25) is 0 Å². The molecule has 158 valence electrons. The van der Waals surface area contributed by atoms with Gasteiger partial charge in [-0.05, 0) is 51.8 Å². The van der Waals surface area contributed by atoms with E-state index in [1.165, 1.54) is 0 Å². The highest BCUT2D eigenvalue weighted by Gasteiger charge is 2.45. The highest BCUT2D eigenvalue weighted by atomic mass is 35.5. The fourth-order valence-electron chi connectivity index (χ4n) is 3.65. The van der Waals surface area contributed by atoms with Crippen molar-refractivity contribution >= 4 is 23.4 Å². The van der Waals surface area contributed by atoms with Crippen LogP contribution in [-0.2, 0) is 4.74 Å². The number of nitrogens with zero attached hydrogens (tertiary/aromatic N) is 3. The van der Waals surface area contributed by atoms with E-state index in [-0.39, 0.29) is 0 Å². The molecule has 1 saturated heterocycles. The average Bonchev–Trinajstić information content (AvgIpc) is 2.59. The summed E-state index contributed by atoms with van der Waals surface area (Å²) in [6.07, 6.45) is -0.0751. The molecule has 1 fully saturated rings. The second-order valence-electron chi connectivity index (χ2n) is 9.00. The number of quaternary nitrogens is 1. The molecule has 0 aliphatic carbocycles. The Kier molecular flexibility index (Phi) is 7.37. The molecule has 1 aliphatic rings. The van der Waals surface area contributed by atoms with Gasteiger partial charge in [0.25, 0.3) is 0 Å². The van der Waals surface area contributed by atoms with Gasteiger partial charge >= 0.3 is 6.09 Å². The first kappa shape index (κ1) is 22.9. The van der Waals surface area contributed by atoms with Gasteiger partial charge in [0.15, 0.2) is 0 Å². The number of benzene rings is 1. The zero-order chi connectivity index (χ0) is 21.1. The van der Waals surface area contributed by atoms with Crippen LogP contribution in [0.2, 0.25) is 5.02 Å². The van der Waals surface area contributed by atoms with E-state index in [4.69, 9.17) is 16.3 Å². The Morgan fingerprint density at radius 1 is 1.21 bits per heavy atom. The van der Waals surface area contributed by atoms with Crippen molar-refractivity contribution < 1.29 is 14.3 Å². The van der Waals surface area contributed by atoms with E-state index in [1.807, 2.05) is 31.2 Å². The number of hydrogen-bond acceptors (Lipinski definition) is 5. The normalized spacial score (nSPS) is 19.4. The molecule has 2 unspecified atom stereocenters. The summed E-state index contributed by atoms with van der Waals surface area (Å²) in [5, 5.41) is 16.3. The molecule has 1 aliphatic heterocycles. The molecule has 0 radical (unpaired) electrons. The molecular weight excluding hydrogens is 378 g/mol. The van der Waals surface area contributed by atoms with Gasteiger partial charge in [-0.25, -0.2) is 0 Å². The quantitative estimate of drug-likeness (QED) is 0.500. The van der Waals surface area contributed by atoms with Gasteiger partial charge < -0.3 is 14.8 Å². The van der Waals surface area contributed by atoms with Crippen LogP contribution in [0.3, 0.4) is 0 Å². The molecule has 0 aromatic heterocycles. The highest BCUT2D eigenvalue weighted by molar-refractivity contribution is 6.30. The van der Waals surface area contributed by atoms with E-state index in [1.54, 1.807) is 25.8 Å². The minimum absolute atomic E-state index is 0.316. The lowest BCUT2D eigenvalue weighted by Crippen LogP contribution is -2.68. The molecule has 2 rings (SSSR count). The SMILES string of the molecule is CC(C)CC(C)[N+]([O-])(C(=O)OC(C)(C)C)N1CCN(c2cccc(Cl)c2)CC1. The predicted octanol–water partition coefficient (Wildman–Crippen LogP) is 5.06. The van der Waals surface area contributed by atoms with Crippen LogP contribution in [0, 0.1) is 11.1 Å². The number of hydroxylamine groups is 2. The van der Waals surface area contributed by atoms with E-state index in [0.29, 0.717) is 43.5 Å². The van der Waals surface area contributed by atoms with E-state index in [0.717, 1.165) is 5.69 Å². The van der Waals surface area contributed by atoms with Crippen LogP contribution < -0.4 is 4.90 Å². The van der Waals surface area contributed by atoms with Crippen LogP contribution >= 0.6 is 11.6 Å². The largest absolute Gasteiger partial charge is 0.601 e. The first-order valence-electron chi connectivity index (χ1n) is 10.0. The number of halogens is 1. The number of ether oxygens (including phenoxy) is 1. The van der Waals surface area contributed by atoms with Crippen molar-refractivity contribution in [3.63, 3.8) is 0 Å². The average molecular weight is 412 g/mol. The lowest BCUT2D eigenvalue weighted by atomic mass is 10.0. The van der Waals surface area contributed by atoms with Crippen LogP contribution in [0.1, 0.15) is 48.0 Å². The first-order valence-corrected chi connectivity index (χ1v) is 10.4. The van der Waals surface area contributed by atoms with E-state index < -0.39 is 22.5 Å². The highest BCUT2D eigenvalue weighted by Crippen LogP contribution is 2.29. The van der Waals surface area contributed by atoms with Gasteiger partial charge in [0.1, 0.15) is 11.6 Å². The van der Waals surface area contributed by atoms with Gasteiger partial charge in [-0.2, -0.15) is 9.55 Å². The maximum atomic E-state index is 13.9. The molecule has 7 heteroatoms. The van der Waals surface area contributed by atoms with Crippen LogP contribution in [0.15, 0.2) is 24.3 Å². The molecule has 1 aromatic rings. The lowest BCUT2D eigenvalue weighted by Gasteiger charge is -2.52. The monoisotopic (exact) mass is 411 g/mol. The summed E-state index contributed by atoms with van der Waals surface area (Å²) in [6.45, 7) is 13.6. The second-order valence-corrected chi connectivity index (χ2v) is 9.44. The third kappa shape index (κ3) is 5.60. The summed E-state index contributed by atoms with van der Waals surface area (Å²) in [7, 11) is 0. The minimum atomic E-state index is -1.06. The van der Waals surface area contributed by atoms with Crippen LogP contribution in [0.25, 0.3) is 0 Å². The van der Waals surface area contributed by atoms with Gasteiger partial charge in [0.05, 0.1) is 13.1 Å². The van der Waals surface area contributed by atoms with Crippen molar-refractivity contribution in [2.75, 3.05) is 31.1 Å². The van der Waals surface area contributed by atoms with E-state index in [9.17, 15) is 10.0 Å². The fourth-order valence-corrected chi connectivity index (χ4v) is 3.84. The van der Waals surface area contributed by atoms with Crippen molar-refractivity contribution in [3.8, 4) is 0 Å². The van der Waals surface area contributed by atoms with Gasteiger partial charge in [0, 0.05) is 30.2 Å². The van der Waals surface area contributed by atoms with Crippen molar-refractivity contribution in [1.82, 2.24) is 5.01 Å². The summed E-state index contributed by atoms with van der Waals surface area (Å²) < 4.78 is 4.48. The lowest BCUT2D eigenvalue weighted by molar-refractivity contribution is -0.951. The van der Waals surface area contributed by atoms with Crippen LogP contribution in [-0.4, -0.2) is 53.7 Å². The number of carbonyl (C=O) groups excluding carboxylic acids is 1. The Morgan fingerprint density at radius 3 is 2.32 bits per heavy atom. The van der Waals surface area contributed by atoms with Gasteiger partial charge in [-0.15, -0.1) is 5.01 Å². The first-order chi connectivity index (χ1) is 12.9. The Balaban J connectivity index is 2.19. The molecule has 0 spiro atoms. The standard InChI is InChI=1S/C21H34ClN3O3/c1-16(2)14-17(3)25(27,20(26)28-21(4,5)6)24-12-10-23(11-13-24)19-9-7-8-18(22)15-19/h7-9,15-17H,10-14H2,1-6H3. The molecule has 28 heavy (non-hydrogen) atoms. The molecule has 1 heterocycles. The van der Waals surface area contributed by atoms with Gasteiger partial charge in [0.2, 0.25) is 0 Å².